The molecule has 23 heavy (non-hydrogen) atoms. The molecule has 132 valence electrons. The molecule has 0 spiro atoms. The lowest BCUT2D eigenvalue weighted by molar-refractivity contribution is 0.340. The molecule has 0 aromatic carbocycles. The highest BCUT2D eigenvalue weighted by Crippen LogP contribution is 2.16. The Kier molecular flexibility index (Phi) is 8.92. The third-order valence-electron chi connectivity index (χ3n) is 4.41. The number of guanidine groups is 1. The fourth-order valence-electron chi connectivity index (χ4n) is 3.03. The number of likely N-dealkylation sites (tertiary alicyclic amines) is 1. The lowest BCUT2D eigenvalue weighted by Crippen LogP contribution is -2.41. The molecule has 0 saturated carbocycles. The standard InChI is InChI=1S/C16H28BrN5.HI/c1-5-22-7-6-13(10-22)9-19-16(18-2)21(4)12-15-8-14(17)11-20(15)3;/h8,11,13H,5-7,9-10,12H2,1-4H3,(H,18,19);1H. The van der Waals surface area contributed by atoms with Crippen LogP contribution >= 0.6 is 39.9 Å². The molecule has 1 aliphatic heterocycles. The number of nitrogens with zero attached hydrogens (tertiary/aromatic N) is 4. The van der Waals surface area contributed by atoms with Gasteiger partial charge < -0.3 is 19.7 Å². The second-order valence-electron chi connectivity index (χ2n) is 6.09. The Morgan fingerprint density at radius 1 is 1.52 bits per heavy atom. The maximum atomic E-state index is 4.42. The largest absolute Gasteiger partial charge is 0.356 e. The molecule has 2 heterocycles. The Morgan fingerprint density at radius 3 is 2.78 bits per heavy atom. The molecule has 1 aromatic rings. The van der Waals surface area contributed by atoms with Crippen LogP contribution in [0.4, 0.5) is 0 Å². The molecule has 1 N–H and O–H groups in total. The van der Waals surface area contributed by atoms with Crippen LogP contribution in [0, 0.1) is 5.92 Å². The van der Waals surface area contributed by atoms with E-state index in [2.05, 4.69) is 73.9 Å². The summed E-state index contributed by atoms with van der Waals surface area (Å²) >= 11 is 3.52. The smallest absolute Gasteiger partial charge is 0.193 e. The van der Waals surface area contributed by atoms with Crippen LogP contribution < -0.4 is 5.32 Å². The lowest BCUT2D eigenvalue weighted by Gasteiger charge is -2.23. The quantitative estimate of drug-likeness (QED) is 0.386. The number of rotatable bonds is 5. The summed E-state index contributed by atoms with van der Waals surface area (Å²) in [6.45, 7) is 7.68. The van der Waals surface area contributed by atoms with Crippen molar-refractivity contribution < 1.29 is 0 Å². The molecule has 2 rings (SSSR count). The summed E-state index contributed by atoms with van der Waals surface area (Å²) in [6, 6.07) is 2.15. The predicted octanol–water partition coefficient (Wildman–Crippen LogP) is 2.75. The summed E-state index contributed by atoms with van der Waals surface area (Å²) in [5.74, 6) is 1.70. The molecule has 0 radical (unpaired) electrons. The van der Waals surface area contributed by atoms with Crippen LogP contribution in [-0.4, -0.2) is 60.6 Å². The molecule has 0 aliphatic carbocycles. The van der Waals surface area contributed by atoms with Gasteiger partial charge in [0.25, 0.3) is 0 Å². The first-order valence-electron chi connectivity index (χ1n) is 7.98. The lowest BCUT2D eigenvalue weighted by atomic mass is 10.1. The fraction of sp³-hybridized carbons (Fsp3) is 0.688. The average molecular weight is 498 g/mol. The number of aryl methyl sites for hydroxylation is 1. The van der Waals surface area contributed by atoms with Gasteiger partial charge in [0.15, 0.2) is 5.96 Å². The fourth-order valence-corrected chi connectivity index (χ4v) is 3.60. The molecule has 1 unspecified atom stereocenters. The van der Waals surface area contributed by atoms with E-state index >= 15 is 0 Å². The molecule has 1 saturated heterocycles. The van der Waals surface area contributed by atoms with Crippen molar-refractivity contribution in [2.75, 3.05) is 40.3 Å². The number of aromatic nitrogens is 1. The Balaban J connectivity index is 0.00000264. The third-order valence-corrected chi connectivity index (χ3v) is 4.85. The van der Waals surface area contributed by atoms with E-state index in [4.69, 9.17) is 0 Å². The minimum Gasteiger partial charge on any atom is -0.356 e. The van der Waals surface area contributed by atoms with Gasteiger partial charge in [-0.1, -0.05) is 6.92 Å². The van der Waals surface area contributed by atoms with E-state index in [9.17, 15) is 0 Å². The first-order valence-corrected chi connectivity index (χ1v) is 8.77. The topological polar surface area (TPSA) is 35.8 Å². The van der Waals surface area contributed by atoms with E-state index < -0.39 is 0 Å². The molecule has 1 aromatic heterocycles. The molecule has 7 heteroatoms. The van der Waals surface area contributed by atoms with E-state index in [1.807, 2.05) is 7.05 Å². The third kappa shape index (κ3) is 5.94. The minimum atomic E-state index is 0. The Hall–Kier alpha value is -0.280. The van der Waals surface area contributed by atoms with E-state index in [1.165, 1.54) is 25.2 Å². The Labute approximate surface area is 165 Å². The summed E-state index contributed by atoms with van der Waals surface area (Å²) < 4.78 is 3.26. The predicted molar refractivity (Wildman–Crippen MR) is 112 cm³/mol. The van der Waals surface area contributed by atoms with Gasteiger partial charge in [0.05, 0.1) is 6.54 Å². The molecule has 0 bridgehead atoms. The van der Waals surface area contributed by atoms with Crippen LogP contribution in [0.2, 0.25) is 0 Å². The molecular formula is C16H29BrIN5. The van der Waals surface area contributed by atoms with Gasteiger partial charge in [-0.3, -0.25) is 4.99 Å². The number of hydrogen-bond donors (Lipinski definition) is 1. The maximum absolute atomic E-state index is 4.42. The van der Waals surface area contributed by atoms with Crippen LogP contribution in [0.25, 0.3) is 0 Å². The van der Waals surface area contributed by atoms with Crippen LogP contribution in [0.1, 0.15) is 19.0 Å². The van der Waals surface area contributed by atoms with Crippen molar-refractivity contribution in [1.82, 2.24) is 19.7 Å². The zero-order valence-electron chi connectivity index (χ0n) is 14.5. The van der Waals surface area contributed by atoms with Gasteiger partial charge in [0, 0.05) is 50.6 Å². The zero-order valence-corrected chi connectivity index (χ0v) is 18.5. The number of halogens is 2. The van der Waals surface area contributed by atoms with Gasteiger partial charge in [-0.05, 0) is 47.4 Å². The Morgan fingerprint density at radius 2 is 2.26 bits per heavy atom. The van der Waals surface area contributed by atoms with Gasteiger partial charge in [0.1, 0.15) is 0 Å². The molecular weight excluding hydrogens is 469 g/mol. The second-order valence-corrected chi connectivity index (χ2v) is 7.01. The monoisotopic (exact) mass is 497 g/mol. The summed E-state index contributed by atoms with van der Waals surface area (Å²) in [6.07, 6.45) is 3.36. The van der Waals surface area contributed by atoms with E-state index in [-0.39, 0.29) is 24.0 Å². The molecule has 0 amide bonds. The molecule has 1 fully saturated rings. The van der Waals surface area contributed by atoms with Crippen LogP contribution in [-0.2, 0) is 13.6 Å². The van der Waals surface area contributed by atoms with Crippen molar-refractivity contribution in [2.24, 2.45) is 18.0 Å². The zero-order chi connectivity index (χ0) is 16.1. The van der Waals surface area contributed by atoms with Gasteiger partial charge >= 0.3 is 0 Å². The average Bonchev–Trinajstić information content (AvgIpc) is 3.06. The van der Waals surface area contributed by atoms with Gasteiger partial charge in [-0.15, -0.1) is 24.0 Å². The highest BCUT2D eigenvalue weighted by Gasteiger charge is 2.21. The molecule has 1 aliphatic rings. The highest BCUT2D eigenvalue weighted by molar-refractivity contribution is 14.0. The number of hydrogen-bond acceptors (Lipinski definition) is 2. The van der Waals surface area contributed by atoms with Crippen molar-refractivity contribution in [3.05, 3.63) is 22.4 Å². The molecule has 5 nitrogen and oxygen atoms in total. The number of aliphatic imine (C=N–C) groups is 1. The van der Waals surface area contributed by atoms with Crippen molar-refractivity contribution in [3.8, 4) is 0 Å². The summed E-state index contributed by atoms with van der Waals surface area (Å²) in [5.41, 5.74) is 1.26. The van der Waals surface area contributed by atoms with E-state index in [1.54, 1.807) is 0 Å². The van der Waals surface area contributed by atoms with Gasteiger partial charge in [-0.25, -0.2) is 0 Å². The maximum Gasteiger partial charge on any atom is 0.193 e. The first kappa shape index (κ1) is 20.8. The van der Waals surface area contributed by atoms with Crippen LogP contribution in [0.15, 0.2) is 21.7 Å². The van der Waals surface area contributed by atoms with Crippen molar-refractivity contribution in [2.45, 2.75) is 19.9 Å². The van der Waals surface area contributed by atoms with Crippen LogP contribution in [0.5, 0.6) is 0 Å². The van der Waals surface area contributed by atoms with E-state index in [0.29, 0.717) is 0 Å². The number of nitrogens with one attached hydrogen (secondary N) is 1. The molecule has 1 atom stereocenters. The van der Waals surface area contributed by atoms with Crippen molar-refractivity contribution >= 4 is 45.9 Å². The second kappa shape index (κ2) is 9.88. The summed E-state index contributed by atoms with van der Waals surface area (Å²) in [4.78, 5) is 9.11. The van der Waals surface area contributed by atoms with Gasteiger partial charge in [-0.2, -0.15) is 0 Å². The Bertz CT molecular complexity index is 517. The van der Waals surface area contributed by atoms with Crippen molar-refractivity contribution in [1.29, 1.82) is 0 Å². The minimum absolute atomic E-state index is 0. The normalized spacial score (nSPS) is 18.8. The SMILES string of the molecule is CCN1CCC(CNC(=NC)N(C)Cc2cc(Br)cn2C)C1.I. The first-order chi connectivity index (χ1) is 10.5. The van der Waals surface area contributed by atoms with Gasteiger partial charge in [0.2, 0.25) is 0 Å². The summed E-state index contributed by atoms with van der Waals surface area (Å²) in [7, 11) is 6.01. The van der Waals surface area contributed by atoms with Crippen molar-refractivity contribution in [3.63, 3.8) is 0 Å². The van der Waals surface area contributed by atoms with Crippen LogP contribution in [0.3, 0.4) is 0 Å². The van der Waals surface area contributed by atoms with E-state index in [0.717, 1.165) is 36.0 Å². The highest BCUT2D eigenvalue weighted by atomic mass is 127. The summed E-state index contributed by atoms with van der Waals surface area (Å²) in [5, 5.41) is 3.53.